The Hall–Kier alpha value is -3.62. The van der Waals surface area contributed by atoms with Gasteiger partial charge < -0.3 is 14.8 Å². The zero-order valence-corrected chi connectivity index (χ0v) is 15.8. The van der Waals surface area contributed by atoms with Crippen LogP contribution in [0.4, 0.5) is 11.4 Å². The van der Waals surface area contributed by atoms with Gasteiger partial charge in [-0.15, -0.1) is 0 Å². The summed E-state index contributed by atoms with van der Waals surface area (Å²) < 4.78 is 11.4. The molecule has 3 aromatic rings. The third-order valence-electron chi connectivity index (χ3n) is 4.99. The van der Waals surface area contributed by atoms with Crippen LogP contribution in [0, 0.1) is 10.1 Å². The number of carbonyl (C=O) groups excluding carboxylic acids is 1. The highest BCUT2D eigenvalue weighted by Crippen LogP contribution is 2.34. The number of carbonyl (C=O) groups is 1. The number of H-pyrrole nitrogens is 1. The van der Waals surface area contributed by atoms with Crippen molar-refractivity contribution in [2.45, 2.75) is 31.8 Å². The number of ether oxygens (including phenoxy) is 2. The number of non-ortho nitro benzene ring substituents is 1. The summed E-state index contributed by atoms with van der Waals surface area (Å²) in [4.78, 5) is 23.3. The molecule has 0 bridgehead atoms. The standard InChI is InChI=1S/C20H20N4O5/c1-28-17-9-6-12(10-18(17)29-14-4-2-3-5-14)21-20(25)19-15-11-13(24(26)27)7-8-16(15)22-23-19/h6-11,14H,2-5H2,1H3,(H,21,25)(H,22,23). The molecule has 1 heterocycles. The Morgan fingerprint density at radius 1 is 1.21 bits per heavy atom. The summed E-state index contributed by atoms with van der Waals surface area (Å²) in [6, 6.07) is 9.36. The maximum Gasteiger partial charge on any atom is 0.276 e. The molecule has 29 heavy (non-hydrogen) atoms. The maximum atomic E-state index is 12.7. The lowest BCUT2D eigenvalue weighted by atomic mass is 10.1. The number of fused-ring (bicyclic) bond motifs is 1. The first-order valence-electron chi connectivity index (χ1n) is 9.33. The zero-order valence-electron chi connectivity index (χ0n) is 15.8. The summed E-state index contributed by atoms with van der Waals surface area (Å²) in [5.74, 6) is 0.684. The quantitative estimate of drug-likeness (QED) is 0.479. The van der Waals surface area contributed by atoms with Crippen molar-refractivity contribution >= 4 is 28.2 Å². The first-order chi connectivity index (χ1) is 14.0. The van der Waals surface area contributed by atoms with E-state index in [1.165, 1.54) is 18.2 Å². The molecule has 0 aliphatic heterocycles. The molecule has 1 aliphatic rings. The van der Waals surface area contributed by atoms with Gasteiger partial charge in [0.2, 0.25) is 0 Å². The fraction of sp³-hybridized carbons (Fsp3) is 0.300. The van der Waals surface area contributed by atoms with Gasteiger partial charge in [0.1, 0.15) is 0 Å². The molecule has 1 amide bonds. The van der Waals surface area contributed by atoms with Crippen LogP contribution in [0.5, 0.6) is 11.5 Å². The van der Waals surface area contributed by atoms with Gasteiger partial charge in [-0.3, -0.25) is 20.0 Å². The number of nitro groups is 1. The molecule has 0 atom stereocenters. The summed E-state index contributed by atoms with van der Waals surface area (Å²) in [6.07, 6.45) is 4.42. The molecule has 0 spiro atoms. The Morgan fingerprint density at radius 3 is 2.72 bits per heavy atom. The van der Waals surface area contributed by atoms with E-state index in [-0.39, 0.29) is 17.5 Å². The van der Waals surface area contributed by atoms with Crippen molar-refractivity contribution in [2.75, 3.05) is 12.4 Å². The molecule has 0 radical (unpaired) electrons. The van der Waals surface area contributed by atoms with Crippen molar-refractivity contribution in [2.24, 2.45) is 0 Å². The molecule has 2 aromatic carbocycles. The van der Waals surface area contributed by atoms with Crippen LogP contribution in [-0.4, -0.2) is 34.2 Å². The Morgan fingerprint density at radius 2 is 2.00 bits per heavy atom. The first-order valence-corrected chi connectivity index (χ1v) is 9.33. The average Bonchev–Trinajstić information content (AvgIpc) is 3.37. The van der Waals surface area contributed by atoms with Gasteiger partial charge in [-0.05, 0) is 43.9 Å². The van der Waals surface area contributed by atoms with E-state index in [9.17, 15) is 14.9 Å². The highest BCUT2D eigenvalue weighted by atomic mass is 16.6. The van der Waals surface area contributed by atoms with E-state index in [0.717, 1.165) is 25.7 Å². The number of nitrogens with zero attached hydrogens (tertiary/aromatic N) is 2. The zero-order chi connectivity index (χ0) is 20.4. The van der Waals surface area contributed by atoms with Gasteiger partial charge in [0.05, 0.1) is 23.7 Å². The first kappa shape index (κ1) is 18.7. The van der Waals surface area contributed by atoms with Gasteiger partial charge >= 0.3 is 0 Å². The van der Waals surface area contributed by atoms with Gasteiger partial charge in [0.25, 0.3) is 11.6 Å². The molecule has 0 saturated heterocycles. The Kier molecular flexibility index (Phi) is 5.03. The van der Waals surface area contributed by atoms with Gasteiger partial charge in [-0.25, -0.2) is 0 Å². The topological polar surface area (TPSA) is 119 Å². The summed E-state index contributed by atoms with van der Waals surface area (Å²) in [5.41, 5.74) is 1.04. The summed E-state index contributed by atoms with van der Waals surface area (Å²) >= 11 is 0. The predicted molar refractivity (Wildman–Crippen MR) is 107 cm³/mol. The number of methoxy groups -OCH3 is 1. The minimum atomic E-state index is -0.510. The van der Waals surface area contributed by atoms with Crippen molar-refractivity contribution in [1.29, 1.82) is 0 Å². The van der Waals surface area contributed by atoms with Gasteiger partial charge in [-0.1, -0.05) is 0 Å². The largest absolute Gasteiger partial charge is 0.493 e. The lowest BCUT2D eigenvalue weighted by Crippen LogP contribution is -2.14. The molecular weight excluding hydrogens is 376 g/mol. The number of nitro benzene ring substituents is 1. The fourth-order valence-electron chi connectivity index (χ4n) is 3.51. The number of hydrogen-bond donors (Lipinski definition) is 2. The van der Waals surface area contributed by atoms with E-state index >= 15 is 0 Å². The van der Waals surface area contributed by atoms with Crippen molar-refractivity contribution in [1.82, 2.24) is 10.2 Å². The number of rotatable bonds is 6. The fourth-order valence-corrected chi connectivity index (χ4v) is 3.51. The van der Waals surface area contributed by atoms with Gasteiger partial charge in [0.15, 0.2) is 17.2 Å². The smallest absolute Gasteiger partial charge is 0.276 e. The van der Waals surface area contributed by atoms with Crippen LogP contribution >= 0.6 is 0 Å². The molecule has 1 aliphatic carbocycles. The SMILES string of the molecule is COc1ccc(NC(=O)c2n[nH]c3ccc([N+](=O)[O-])cc23)cc1OC1CCCC1. The van der Waals surface area contributed by atoms with E-state index in [1.54, 1.807) is 25.3 Å². The second-order valence-electron chi connectivity index (χ2n) is 6.90. The number of benzene rings is 2. The molecule has 150 valence electrons. The van der Waals surface area contributed by atoms with Gasteiger partial charge in [0, 0.05) is 29.3 Å². The number of aromatic amines is 1. The van der Waals surface area contributed by atoms with Crippen LogP contribution in [0.15, 0.2) is 36.4 Å². The minimum absolute atomic E-state index is 0.0813. The number of hydrogen-bond acceptors (Lipinski definition) is 6. The molecule has 1 fully saturated rings. The highest BCUT2D eigenvalue weighted by Gasteiger charge is 2.20. The highest BCUT2D eigenvalue weighted by molar-refractivity contribution is 6.11. The van der Waals surface area contributed by atoms with Crippen LogP contribution in [0.3, 0.4) is 0 Å². The second-order valence-corrected chi connectivity index (χ2v) is 6.90. The van der Waals surface area contributed by atoms with Crippen molar-refractivity contribution in [3.63, 3.8) is 0 Å². The molecule has 1 aromatic heterocycles. The molecule has 4 rings (SSSR count). The second kappa shape index (κ2) is 7.78. The Bertz CT molecular complexity index is 1070. The van der Waals surface area contributed by atoms with Crippen molar-refractivity contribution in [3.05, 3.63) is 52.2 Å². The number of nitrogens with one attached hydrogen (secondary N) is 2. The van der Waals surface area contributed by atoms with Crippen molar-refractivity contribution in [3.8, 4) is 11.5 Å². The Balaban J connectivity index is 1.58. The molecule has 2 N–H and O–H groups in total. The summed E-state index contributed by atoms with van der Waals surface area (Å²) in [6.45, 7) is 0. The molecule has 0 unspecified atom stereocenters. The van der Waals surface area contributed by atoms with Crippen LogP contribution in [0.2, 0.25) is 0 Å². The maximum absolute atomic E-state index is 12.7. The van der Waals surface area contributed by atoms with E-state index in [0.29, 0.717) is 28.1 Å². The van der Waals surface area contributed by atoms with Crippen LogP contribution in [-0.2, 0) is 0 Å². The monoisotopic (exact) mass is 396 g/mol. The number of anilines is 1. The molecule has 9 heteroatoms. The molecular formula is C20H20N4O5. The number of amides is 1. The average molecular weight is 396 g/mol. The normalized spacial score (nSPS) is 14.1. The molecule has 1 saturated carbocycles. The summed E-state index contributed by atoms with van der Waals surface area (Å²) in [5, 5.41) is 20.9. The van der Waals surface area contributed by atoms with Crippen LogP contribution < -0.4 is 14.8 Å². The molecule has 9 nitrogen and oxygen atoms in total. The van der Waals surface area contributed by atoms with E-state index in [1.807, 2.05) is 0 Å². The van der Waals surface area contributed by atoms with Crippen LogP contribution in [0.25, 0.3) is 10.9 Å². The lowest BCUT2D eigenvalue weighted by Gasteiger charge is -2.17. The third kappa shape index (κ3) is 3.84. The van der Waals surface area contributed by atoms with Gasteiger partial charge in [-0.2, -0.15) is 5.10 Å². The number of aromatic nitrogens is 2. The lowest BCUT2D eigenvalue weighted by molar-refractivity contribution is -0.384. The summed E-state index contributed by atoms with van der Waals surface area (Å²) in [7, 11) is 1.57. The third-order valence-corrected chi connectivity index (χ3v) is 4.99. The van der Waals surface area contributed by atoms with E-state index < -0.39 is 10.8 Å². The predicted octanol–water partition coefficient (Wildman–Crippen LogP) is 4.05. The van der Waals surface area contributed by atoms with E-state index in [2.05, 4.69) is 15.5 Å². The van der Waals surface area contributed by atoms with E-state index in [4.69, 9.17) is 9.47 Å². The van der Waals surface area contributed by atoms with Crippen molar-refractivity contribution < 1.29 is 19.2 Å². The minimum Gasteiger partial charge on any atom is -0.493 e. The van der Waals surface area contributed by atoms with Crippen LogP contribution in [0.1, 0.15) is 36.2 Å². The Labute approximate surface area is 166 Å².